The fourth-order valence-electron chi connectivity index (χ4n) is 0.867. The van der Waals surface area contributed by atoms with Gasteiger partial charge in [0.25, 0.3) is 5.91 Å². The van der Waals surface area contributed by atoms with Crippen molar-refractivity contribution in [2.75, 3.05) is 0 Å². The van der Waals surface area contributed by atoms with E-state index in [0.717, 1.165) is 17.8 Å². The van der Waals surface area contributed by atoms with E-state index in [9.17, 15) is 9.90 Å². The number of carbonyl (C=O) groups excluding carboxylic acids is 1. The number of thiophene rings is 1. The van der Waals surface area contributed by atoms with Gasteiger partial charge in [-0.05, 0) is 24.8 Å². The molecule has 0 aliphatic heterocycles. The zero-order valence-electron chi connectivity index (χ0n) is 7.66. The Morgan fingerprint density at radius 3 is 2.85 bits per heavy atom. The Hall–Kier alpha value is -1.03. The van der Waals surface area contributed by atoms with Crippen LogP contribution in [0, 0.1) is 0 Å². The van der Waals surface area contributed by atoms with Crippen LogP contribution >= 0.6 is 11.3 Å². The quantitative estimate of drug-likeness (QED) is 0.796. The fraction of sp³-hybridized carbons (Fsp3) is 0.444. The molecule has 1 N–H and O–H groups in total. The Morgan fingerprint density at radius 2 is 2.38 bits per heavy atom. The molecule has 1 rings (SSSR count). The van der Waals surface area contributed by atoms with Gasteiger partial charge in [-0.25, -0.2) is 0 Å². The Labute approximate surface area is 81.4 Å². The van der Waals surface area contributed by atoms with Gasteiger partial charge in [0.1, 0.15) is 0 Å². The summed E-state index contributed by atoms with van der Waals surface area (Å²) in [7, 11) is 0. The fourth-order valence-corrected chi connectivity index (χ4v) is 1.48. The van der Waals surface area contributed by atoms with E-state index in [-0.39, 0.29) is 22.6 Å². The van der Waals surface area contributed by atoms with Crippen molar-refractivity contribution in [3.8, 4) is 5.06 Å². The van der Waals surface area contributed by atoms with Crippen molar-refractivity contribution < 1.29 is 9.90 Å². The summed E-state index contributed by atoms with van der Waals surface area (Å²) in [5.41, 5.74) is 0.255. The molecule has 0 aliphatic carbocycles. The van der Waals surface area contributed by atoms with Crippen LogP contribution in [0.15, 0.2) is 11.4 Å². The summed E-state index contributed by atoms with van der Waals surface area (Å²) in [6.45, 7) is 3.89. The molecule has 0 aromatic carbocycles. The standard InChI is InChI=1S/C9H12NO2S/c1-3-6(2)10-8(11)7-4-5-13-9(7)12/h4-6H,3H2,1-2H3,(H,10,11). The van der Waals surface area contributed by atoms with Crippen LogP contribution in [0.3, 0.4) is 0 Å². The summed E-state index contributed by atoms with van der Waals surface area (Å²) in [6.07, 6.45) is 0.865. The third-order valence-corrected chi connectivity index (χ3v) is 2.57. The summed E-state index contributed by atoms with van der Waals surface area (Å²) in [4.78, 5) is 11.4. The maximum atomic E-state index is 11.4. The lowest BCUT2D eigenvalue weighted by atomic mass is 10.2. The molecule has 0 aliphatic rings. The van der Waals surface area contributed by atoms with Crippen molar-refractivity contribution in [3.05, 3.63) is 17.0 Å². The van der Waals surface area contributed by atoms with Crippen molar-refractivity contribution >= 4 is 17.2 Å². The minimum Gasteiger partial charge on any atom is -0.349 e. The molecule has 0 saturated carbocycles. The van der Waals surface area contributed by atoms with Crippen molar-refractivity contribution in [1.29, 1.82) is 0 Å². The molecule has 1 aromatic rings. The molecule has 1 unspecified atom stereocenters. The van der Waals surface area contributed by atoms with Crippen LogP contribution in [0.4, 0.5) is 0 Å². The first-order valence-electron chi connectivity index (χ1n) is 4.20. The molecule has 0 saturated heterocycles. The second-order valence-corrected chi connectivity index (χ2v) is 3.78. The topological polar surface area (TPSA) is 49.0 Å². The van der Waals surface area contributed by atoms with Gasteiger partial charge in [-0.3, -0.25) is 9.90 Å². The first-order valence-corrected chi connectivity index (χ1v) is 5.08. The summed E-state index contributed by atoms with van der Waals surface area (Å²) >= 11 is 1.05. The van der Waals surface area contributed by atoms with Crippen LogP contribution in [0.5, 0.6) is 5.06 Å². The van der Waals surface area contributed by atoms with E-state index >= 15 is 0 Å². The highest BCUT2D eigenvalue weighted by molar-refractivity contribution is 7.12. The molecule has 0 bridgehead atoms. The minimum atomic E-state index is -0.263. The van der Waals surface area contributed by atoms with Gasteiger partial charge in [-0.15, -0.1) is 11.3 Å². The second-order valence-electron chi connectivity index (χ2n) is 2.90. The number of nitrogens with one attached hydrogen (secondary N) is 1. The van der Waals surface area contributed by atoms with Gasteiger partial charge < -0.3 is 5.32 Å². The van der Waals surface area contributed by atoms with Crippen LogP contribution < -0.4 is 5.32 Å². The first kappa shape index (κ1) is 10.1. The third kappa shape index (κ3) is 2.45. The predicted molar refractivity (Wildman–Crippen MR) is 51.7 cm³/mol. The molecule has 0 fully saturated rings. The SMILES string of the molecule is CCC(C)NC(=O)c1ccsc1[O]. The number of hydrogen-bond donors (Lipinski definition) is 1. The van der Waals surface area contributed by atoms with Gasteiger partial charge in [-0.2, -0.15) is 0 Å². The Kier molecular flexibility index (Phi) is 3.31. The summed E-state index contributed by atoms with van der Waals surface area (Å²) < 4.78 is 0. The van der Waals surface area contributed by atoms with E-state index < -0.39 is 0 Å². The van der Waals surface area contributed by atoms with Crippen molar-refractivity contribution in [1.82, 2.24) is 5.32 Å². The molecule has 71 valence electrons. The average molecular weight is 198 g/mol. The molecule has 1 radical (unpaired) electrons. The van der Waals surface area contributed by atoms with Gasteiger partial charge in [0.2, 0.25) is 5.06 Å². The lowest BCUT2D eigenvalue weighted by Gasteiger charge is -2.09. The van der Waals surface area contributed by atoms with Gasteiger partial charge >= 0.3 is 0 Å². The van der Waals surface area contributed by atoms with Gasteiger partial charge in [0, 0.05) is 6.04 Å². The summed E-state index contributed by atoms with van der Waals surface area (Å²) in [5, 5.41) is 15.3. The summed E-state index contributed by atoms with van der Waals surface area (Å²) in [5.74, 6) is -0.263. The van der Waals surface area contributed by atoms with E-state index in [2.05, 4.69) is 5.32 Å². The monoisotopic (exact) mass is 198 g/mol. The van der Waals surface area contributed by atoms with Crippen LogP contribution in [-0.4, -0.2) is 11.9 Å². The Bertz CT molecular complexity index is 296. The molecule has 1 aromatic heterocycles. The van der Waals surface area contributed by atoms with E-state index in [4.69, 9.17) is 0 Å². The largest absolute Gasteiger partial charge is 0.349 e. The highest BCUT2D eigenvalue weighted by atomic mass is 32.1. The van der Waals surface area contributed by atoms with E-state index in [1.807, 2.05) is 13.8 Å². The minimum absolute atomic E-state index is 0.117. The van der Waals surface area contributed by atoms with Crippen LogP contribution in [-0.2, 0) is 5.11 Å². The molecule has 0 spiro atoms. The molecule has 1 amide bonds. The van der Waals surface area contributed by atoms with E-state index in [0.29, 0.717) is 0 Å². The lowest BCUT2D eigenvalue weighted by Crippen LogP contribution is -2.31. The maximum absolute atomic E-state index is 11.4. The highest BCUT2D eigenvalue weighted by Crippen LogP contribution is 2.24. The number of carbonyl (C=O) groups is 1. The Morgan fingerprint density at radius 1 is 1.69 bits per heavy atom. The second kappa shape index (κ2) is 4.28. The van der Waals surface area contributed by atoms with Crippen molar-refractivity contribution in [2.24, 2.45) is 0 Å². The van der Waals surface area contributed by atoms with Crippen LogP contribution in [0.1, 0.15) is 30.6 Å². The smallest absolute Gasteiger partial charge is 0.256 e. The van der Waals surface area contributed by atoms with E-state index in [1.54, 1.807) is 11.4 Å². The lowest BCUT2D eigenvalue weighted by molar-refractivity contribution is 0.0936. The number of amides is 1. The van der Waals surface area contributed by atoms with Crippen LogP contribution in [0.2, 0.25) is 0 Å². The third-order valence-electron chi connectivity index (χ3n) is 1.86. The van der Waals surface area contributed by atoms with Gasteiger partial charge in [0.15, 0.2) is 0 Å². The van der Waals surface area contributed by atoms with Crippen molar-refractivity contribution in [3.63, 3.8) is 0 Å². The maximum Gasteiger partial charge on any atom is 0.256 e. The zero-order chi connectivity index (χ0) is 9.84. The Balaban J connectivity index is 2.64. The van der Waals surface area contributed by atoms with Crippen LogP contribution in [0.25, 0.3) is 0 Å². The summed E-state index contributed by atoms with van der Waals surface area (Å²) in [6, 6.07) is 1.68. The van der Waals surface area contributed by atoms with Gasteiger partial charge in [-0.1, -0.05) is 6.92 Å². The molecular weight excluding hydrogens is 186 g/mol. The molecule has 4 heteroatoms. The highest BCUT2D eigenvalue weighted by Gasteiger charge is 2.14. The van der Waals surface area contributed by atoms with Gasteiger partial charge in [0.05, 0.1) is 5.56 Å². The van der Waals surface area contributed by atoms with Crippen molar-refractivity contribution in [2.45, 2.75) is 26.3 Å². The molecule has 1 atom stereocenters. The molecule has 13 heavy (non-hydrogen) atoms. The first-order chi connectivity index (χ1) is 6.15. The molecule has 3 nitrogen and oxygen atoms in total. The average Bonchev–Trinajstić information content (AvgIpc) is 2.51. The zero-order valence-corrected chi connectivity index (χ0v) is 8.48. The number of rotatable bonds is 3. The molecular formula is C9H12NO2S. The normalized spacial score (nSPS) is 12.5. The predicted octanol–water partition coefficient (Wildman–Crippen LogP) is 2.42. The number of hydrogen-bond acceptors (Lipinski definition) is 2. The van der Waals surface area contributed by atoms with E-state index in [1.165, 1.54) is 0 Å². The molecule has 1 heterocycles.